The molecule has 0 nitrogen and oxygen atoms in total. The van der Waals surface area contributed by atoms with Gasteiger partial charge in [0, 0.05) is 0 Å². The normalized spacial score (nSPS) is 18.5. The van der Waals surface area contributed by atoms with Gasteiger partial charge in [0.2, 0.25) is 0 Å². The first-order valence-corrected chi connectivity index (χ1v) is 26.4. The largest absolute Gasteiger partial charge is 1.00 e. The zero-order chi connectivity index (χ0) is 42.9. The van der Waals surface area contributed by atoms with Crippen molar-refractivity contribution >= 4 is 14.4 Å². The van der Waals surface area contributed by atoms with Crippen LogP contribution in [0.5, 0.6) is 0 Å². The Hall–Kier alpha value is -2.83. The van der Waals surface area contributed by atoms with Crippen LogP contribution in [0.15, 0.2) is 105 Å². The second-order valence-corrected chi connectivity index (χ2v) is 28.8. The molecule has 61 heavy (non-hydrogen) atoms. The summed E-state index contributed by atoms with van der Waals surface area (Å²) in [5.41, 5.74) is 23.9. The summed E-state index contributed by atoms with van der Waals surface area (Å²) in [4.78, 5) is 0. The second-order valence-electron chi connectivity index (χ2n) is 22.8. The van der Waals surface area contributed by atoms with Crippen molar-refractivity contribution in [1.82, 2.24) is 0 Å². The Morgan fingerprint density at radius 3 is 1.31 bits per heavy atom. The minimum atomic E-state index is -3.16. The zero-order valence-corrected chi connectivity index (χ0v) is 44.2. The third kappa shape index (κ3) is 8.04. The van der Waals surface area contributed by atoms with Crippen molar-refractivity contribution in [2.24, 2.45) is 11.3 Å². The van der Waals surface area contributed by atoms with Gasteiger partial charge in [-0.15, -0.1) is 0 Å². The van der Waals surface area contributed by atoms with Gasteiger partial charge in [-0.25, -0.2) is 0 Å². The van der Waals surface area contributed by atoms with Gasteiger partial charge >= 0.3 is 369 Å². The summed E-state index contributed by atoms with van der Waals surface area (Å²) >= 11 is -3.16. The summed E-state index contributed by atoms with van der Waals surface area (Å²) in [6, 6.07) is 30.5. The van der Waals surface area contributed by atoms with Crippen molar-refractivity contribution in [2.75, 3.05) is 0 Å². The van der Waals surface area contributed by atoms with E-state index in [1.54, 1.807) is 28.8 Å². The van der Waals surface area contributed by atoms with Crippen molar-refractivity contribution in [2.45, 2.75) is 149 Å². The van der Waals surface area contributed by atoms with Crippen LogP contribution in [0, 0.1) is 11.3 Å². The first-order valence-electron chi connectivity index (χ1n) is 22.5. The van der Waals surface area contributed by atoms with Crippen LogP contribution in [0.1, 0.15) is 183 Å². The second kappa shape index (κ2) is 16.0. The molecule has 0 N–H and O–H groups in total. The number of rotatable bonds is 5. The molecule has 0 bridgehead atoms. The van der Waals surface area contributed by atoms with Crippen LogP contribution in [-0.4, -0.2) is 3.21 Å². The van der Waals surface area contributed by atoms with Gasteiger partial charge in [0.1, 0.15) is 0 Å². The summed E-state index contributed by atoms with van der Waals surface area (Å²) in [5.74, 6) is 0.392. The maximum atomic E-state index is 2.72. The van der Waals surface area contributed by atoms with Crippen molar-refractivity contribution < 1.29 is 46.1 Å². The summed E-state index contributed by atoms with van der Waals surface area (Å²) in [6.07, 6.45) is 8.79. The minimum Gasteiger partial charge on any atom is -1.00 e. The number of allylic oxidation sites excluding steroid dienone is 8. The van der Waals surface area contributed by atoms with Crippen molar-refractivity contribution in [3.8, 4) is 11.1 Å². The molecule has 1 unspecified atom stereocenters. The molecule has 4 aromatic rings. The molecule has 3 heteroatoms. The number of fused-ring (bicyclic) bond motifs is 5. The van der Waals surface area contributed by atoms with Crippen LogP contribution in [-0.2, 0) is 42.9 Å². The molecule has 0 saturated carbocycles. The molecule has 4 aromatic carbocycles. The Morgan fingerprint density at radius 1 is 0.574 bits per heavy atom. The predicted octanol–water partition coefficient (Wildman–Crippen LogP) is 9.92. The third-order valence-corrected chi connectivity index (χ3v) is 23.3. The predicted molar refractivity (Wildman–Crippen MR) is 255 cm³/mol. The molecule has 0 fully saturated rings. The van der Waals surface area contributed by atoms with Gasteiger partial charge in [0.25, 0.3) is 0 Å². The Bertz CT molecular complexity index is 2430. The van der Waals surface area contributed by atoms with E-state index in [2.05, 4.69) is 209 Å². The first-order chi connectivity index (χ1) is 27.3. The average molecular weight is 929 g/mol. The molecule has 4 aliphatic carbocycles. The van der Waals surface area contributed by atoms with Gasteiger partial charge in [-0.05, 0) is 0 Å². The van der Waals surface area contributed by atoms with Crippen molar-refractivity contribution in [3.63, 3.8) is 0 Å². The molecular formula is C58H70Cl2Zr. The fourth-order valence-electron chi connectivity index (χ4n) is 11.3. The molecule has 0 amide bonds. The van der Waals surface area contributed by atoms with Crippen LogP contribution >= 0.6 is 0 Å². The average Bonchev–Trinajstić information content (AvgIpc) is 3.79. The van der Waals surface area contributed by atoms with Crippen LogP contribution in [0.3, 0.4) is 0 Å². The molecule has 320 valence electrons. The summed E-state index contributed by atoms with van der Waals surface area (Å²) in [6.45, 7) is 40.7. The molecule has 0 spiro atoms. The van der Waals surface area contributed by atoms with Gasteiger partial charge in [-0.2, -0.15) is 0 Å². The van der Waals surface area contributed by atoms with E-state index in [1.165, 1.54) is 66.8 Å². The fourth-order valence-corrected chi connectivity index (χ4v) is 21.5. The standard InChI is InChI=1S/C25H25.C21H26.C12H19.2ClH.Zr/c1-14-12-24(3,4)22-8-16-7-17-9-23-19(15(2)13-25(23,5)6)11-21(17)20(16)10-18(14)22;1-20(2,3)18-11-7-16(8-12-18)15-17-9-13-19(14-10-17)21(4,5)6;1-6-10-7-9(2)8-11(10)12(3,4)5;;;/h7-13H,1-6H3;7-14H,1-6H3;8-9H,6H2,1-5H3;2*1H;/q;;;;;+2/p-2. The number of benzene rings is 4. The maximum Gasteiger partial charge on any atom is -1.00 e. The molecule has 0 radical (unpaired) electrons. The van der Waals surface area contributed by atoms with Crippen LogP contribution in [0.4, 0.5) is 0 Å². The van der Waals surface area contributed by atoms with E-state index in [0.717, 1.165) is 6.42 Å². The maximum absolute atomic E-state index is 3.16. The Labute approximate surface area is 390 Å². The van der Waals surface area contributed by atoms with E-state index in [9.17, 15) is 0 Å². The van der Waals surface area contributed by atoms with Crippen molar-refractivity contribution in [3.05, 3.63) is 161 Å². The van der Waals surface area contributed by atoms with Gasteiger partial charge < -0.3 is 24.8 Å². The molecule has 0 heterocycles. The van der Waals surface area contributed by atoms with Crippen molar-refractivity contribution in [1.29, 1.82) is 0 Å². The van der Waals surface area contributed by atoms with E-state index >= 15 is 0 Å². The number of hydrogen-bond donors (Lipinski definition) is 0. The summed E-state index contributed by atoms with van der Waals surface area (Å²) < 4.78 is 3.79. The van der Waals surface area contributed by atoms with E-state index in [1.807, 2.05) is 0 Å². The van der Waals surface area contributed by atoms with Crippen LogP contribution in [0.2, 0.25) is 0 Å². The van der Waals surface area contributed by atoms with Gasteiger partial charge in [-0.1, -0.05) is 0 Å². The zero-order valence-electron chi connectivity index (χ0n) is 40.3. The van der Waals surface area contributed by atoms with Gasteiger partial charge in [-0.3, -0.25) is 0 Å². The summed E-state index contributed by atoms with van der Waals surface area (Å²) in [5, 5.41) is 0. The fraction of sp³-hybridized carbons (Fsp3) is 0.431. The first kappa shape index (κ1) is 47.6. The molecule has 8 rings (SSSR count). The molecule has 1 atom stereocenters. The topological polar surface area (TPSA) is 0 Å². The Kier molecular flexibility index (Phi) is 12.5. The monoisotopic (exact) mass is 926 g/mol. The Morgan fingerprint density at radius 2 is 0.967 bits per heavy atom. The quantitative estimate of drug-likeness (QED) is 0.187. The van der Waals surface area contributed by atoms with Crippen LogP contribution in [0.25, 0.3) is 22.3 Å². The molecule has 0 aliphatic heterocycles. The van der Waals surface area contributed by atoms with Gasteiger partial charge in [0.15, 0.2) is 0 Å². The molecule has 0 aromatic heterocycles. The van der Waals surface area contributed by atoms with Gasteiger partial charge in [0.05, 0.1) is 0 Å². The van der Waals surface area contributed by atoms with E-state index < -0.39 is 21.3 Å². The van der Waals surface area contributed by atoms with E-state index in [4.69, 9.17) is 0 Å². The summed E-state index contributed by atoms with van der Waals surface area (Å²) in [7, 11) is 0. The van der Waals surface area contributed by atoms with E-state index in [0.29, 0.717) is 9.54 Å². The number of hydrogen-bond acceptors (Lipinski definition) is 0. The van der Waals surface area contributed by atoms with E-state index in [-0.39, 0.29) is 51.9 Å². The smallest absolute Gasteiger partial charge is 1.00 e. The molecule has 4 aliphatic rings. The molecule has 0 saturated heterocycles. The number of halogens is 2. The third-order valence-electron chi connectivity index (χ3n) is 14.3. The minimum absolute atomic E-state index is 0. The molecular weight excluding hydrogens is 859 g/mol. The SMILES string of the molecule is CCC1=[C]([Zr+2](=[C](c2ccc(C(C)(C)C)cc2)c2ccc(C(C)(C)C)cc2)[CH]2c3cc4c(cc3-c3cc5c(cc32)C(C)(C)C=C5C)C(C)=CC4(C)C)C(C)C=C1C(C)(C)C.[Cl-].[Cl-]. The Balaban J connectivity index is 0.00000311. The van der Waals surface area contributed by atoms with Crippen LogP contribution < -0.4 is 24.8 Å².